The molecule has 0 heteroatoms. The number of unbranched alkanes of at least 4 members (excludes halogenated alkanes) is 1. The second-order valence-corrected chi connectivity index (χ2v) is 3.70. The maximum absolute atomic E-state index is 3.11. The second-order valence-electron chi connectivity index (χ2n) is 3.70. The van der Waals surface area contributed by atoms with Crippen molar-refractivity contribution in [2.75, 3.05) is 0 Å². The van der Waals surface area contributed by atoms with E-state index < -0.39 is 0 Å². The molecule has 0 aromatic rings. The summed E-state index contributed by atoms with van der Waals surface area (Å²) in [5, 5.41) is 0. The van der Waals surface area contributed by atoms with Gasteiger partial charge in [-0.1, -0.05) is 13.8 Å². The molecule has 0 N–H and O–H groups in total. The molecule has 1 rings (SSSR count). The Labute approximate surface area is 70.4 Å². The molecule has 1 saturated carbocycles. The van der Waals surface area contributed by atoms with Crippen LogP contribution in [0, 0.1) is 29.6 Å². The molecule has 2 atom stereocenters. The first-order chi connectivity index (χ1) is 5.27. The monoisotopic (exact) mass is 150 g/mol. The Bertz CT molecular complexity index is 162. The van der Waals surface area contributed by atoms with Crippen LogP contribution < -0.4 is 0 Å². The fourth-order valence-electron chi connectivity index (χ4n) is 1.84. The summed E-state index contributed by atoms with van der Waals surface area (Å²) in [7, 11) is 0. The lowest BCUT2D eigenvalue weighted by Crippen LogP contribution is -1.80. The van der Waals surface area contributed by atoms with Crippen molar-refractivity contribution in [1.29, 1.82) is 0 Å². The molecular weight excluding hydrogens is 132 g/mol. The van der Waals surface area contributed by atoms with Gasteiger partial charge < -0.3 is 0 Å². The third-order valence-electron chi connectivity index (χ3n) is 3.06. The van der Waals surface area contributed by atoms with Crippen molar-refractivity contribution in [3.05, 3.63) is 0 Å². The van der Waals surface area contributed by atoms with Crippen molar-refractivity contribution in [3.63, 3.8) is 0 Å². The lowest BCUT2D eigenvalue weighted by Gasteiger charge is -1.92. The van der Waals surface area contributed by atoms with Gasteiger partial charge >= 0.3 is 0 Å². The highest BCUT2D eigenvalue weighted by atomic mass is 14.5. The highest BCUT2D eigenvalue weighted by Gasteiger charge is 2.41. The third-order valence-corrected chi connectivity index (χ3v) is 3.06. The van der Waals surface area contributed by atoms with E-state index in [1.54, 1.807) is 0 Å². The van der Waals surface area contributed by atoms with Crippen LogP contribution in [0.5, 0.6) is 0 Å². The van der Waals surface area contributed by atoms with Gasteiger partial charge in [-0.2, -0.15) is 0 Å². The predicted octanol–water partition coefficient (Wildman–Crippen LogP) is 3.08. The second kappa shape index (κ2) is 3.81. The van der Waals surface area contributed by atoms with Crippen molar-refractivity contribution in [1.82, 2.24) is 0 Å². The molecule has 0 nitrogen and oxygen atoms in total. The van der Waals surface area contributed by atoms with Gasteiger partial charge in [-0.3, -0.25) is 0 Å². The molecule has 0 aliphatic heterocycles. The standard InChI is InChI=1S/C11H18/c1-4-5-6-7-8-11-9(2)10(11)3/h9-11H,6-8H2,1-3H3. The summed E-state index contributed by atoms with van der Waals surface area (Å²) >= 11 is 0. The lowest BCUT2D eigenvalue weighted by molar-refractivity contribution is 0.624. The van der Waals surface area contributed by atoms with E-state index in [-0.39, 0.29) is 0 Å². The van der Waals surface area contributed by atoms with E-state index in [1.807, 2.05) is 6.92 Å². The highest BCUT2D eigenvalue weighted by Crippen LogP contribution is 2.48. The summed E-state index contributed by atoms with van der Waals surface area (Å²) in [5.74, 6) is 9.05. The summed E-state index contributed by atoms with van der Waals surface area (Å²) in [6, 6.07) is 0. The van der Waals surface area contributed by atoms with Crippen LogP contribution in [0.2, 0.25) is 0 Å². The lowest BCUT2D eigenvalue weighted by atomic mass is 10.1. The van der Waals surface area contributed by atoms with Crippen LogP contribution in [0.15, 0.2) is 0 Å². The summed E-state index contributed by atoms with van der Waals surface area (Å²) in [6.45, 7) is 6.64. The van der Waals surface area contributed by atoms with Gasteiger partial charge in [0.15, 0.2) is 0 Å². The Morgan fingerprint density at radius 2 is 1.82 bits per heavy atom. The molecule has 0 radical (unpaired) electrons. The van der Waals surface area contributed by atoms with Crippen LogP contribution in [-0.4, -0.2) is 0 Å². The van der Waals surface area contributed by atoms with Crippen LogP contribution in [0.25, 0.3) is 0 Å². The summed E-state index contributed by atoms with van der Waals surface area (Å²) in [4.78, 5) is 0. The molecule has 62 valence electrons. The zero-order valence-electron chi connectivity index (χ0n) is 7.85. The number of rotatable bonds is 3. The molecule has 0 aromatic heterocycles. The first-order valence-electron chi connectivity index (χ1n) is 4.67. The van der Waals surface area contributed by atoms with Crippen molar-refractivity contribution < 1.29 is 0 Å². The average Bonchev–Trinajstić information content (AvgIpc) is 2.55. The van der Waals surface area contributed by atoms with Gasteiger partial charge in [-0.25, -0.2) is 0 Å². The minimum absolute atomic E-state index is 0.990. The van der Waals surface area contributed by atoms with E-state index in [0.717, 1.165) is 24.2 Å². The zero-order valence-corrected chi connectivity index (χ0v) is 7.85. The molecule has 0 aromatic carbocycles. The summed E-state index contributed by atoms with van der Waals surface area (Å²) in [5.41, 5.74) is 0. The van der Waals surface area contributed by atoms with Crippen LogP contribution in [-0.2, 0) is 0 Å². The fraction of sp³-hybridized carbons (Fsp3) is 0.818. The normalized spacial score (nSPS) is 34.3. The third kappa shape index (κ3) is 2.26. The maximum Gasteiger partial charge on any atom is 0.00886 e. The van der Waals surface area contributed by atoms with Crippen molar-refractivity contribution in [2.24, 2.45) is 17.8 Å². The van der Waals surface area contributed by atoms with Crippen molar-refractivity contribution in [2.45, 2.75) is 40.0 Å². The van der Waals surface area contributed by atoms with E-state index in [2.05, 4.69) is 25.7 Å². The Kier molecular flexibility index (Phi) is 3.00. The Morgan fingerprint density at radius 1 is 1.18 bits per heavy atom. The van der Waals surface area contributed by atoms with E-state index in [1.165, 1.54) is 12.8 Å². The average molecular weight is 150 g/mol. The molecule has 0 heterocycles. The van der Waals surface area contributed by atoms with Crippen LogP contribution in [0.1, 0.15) is 40.0 Å². The molecule has 11 heavy (non-hydrogen) atoms. The molecule has 0 bridgehead atoms. The molecule has 0 amide bonds. The Hall–Kier alpha value is -0.440. The molecule has 1 fully saturated rings. The van der Waals surface area contributed by atoms with Gasteiger partial charge in [0.25, 0.3) is 0 Å². The SMILES string of the molecule is CC#CCCCC1C(C)C1C. The van der Waals surface area contributed by atoms with E-state index in [4.69, 9.17) is 0 Å². The van der Waals surface area contributed by atoms with Crippen molar-refractivity contribution >= 4 is 0 Å². The molecule has 1 aliphatic rings. The van der Waals surface area contributed by atoms with E-state index >= 15 is 0 Å². The molecule has 2 unspecified atom stereocenters. The largest absolute Gasteiger partial charge is 0.107 e. The number of hydrogen-bond acceptors (Lipinski definition) is 0. The Morgan fingerprint density at radius 3 is 2.27 bits per heavy atom. The first-order valence-corrected chi connectivity index (χ1v) is 4.67. The summed E-state index contributed by atoms with van der Waals surface area (Å²) in [6.07, 6.45) is 3.81. The summed E-state index contributed by atoms with van der Waals surface area (Å²) < 4.78 is 0. The smallest absolute Gasteiger partial charge is 0.00886 e. The Balaban J connectivity index is 2.00. The van der Waals surface area contributed by atoms with Crippen LogP contribution in [0.4, 0.5) is 0 Å². The van der Waals surface area contributed by atoms with E-state index in [9.17, 15) is 0 Å². The number of hydrogen-bond donors (Lipinski definition) is 0. The molecular formula is C11H18. The van der Waals surface area contributed by atoms with Gasteiger partial charge in [0, 0.05) is 6.42 Å². The van der Waals surface area contributed by atoms with Gasteiger partial charge in [-0.15, -0.1) is 11.8 Å². The van der Waals surface area contributed by atoms with Gasteiger partial charge in [0.1, 0.15) is 0 Å². The maximum atomic E-state index is 3.11. The topological polar surface area (TPSA) is 0 Å². The molecule has 1 aliphatic carbocycles. The predicted molar refractivity (Wildman–Crippen MR) is 49.1 cm³/mol. The van der Waals surface area contributed by atoms with Gasteiger partial charge in [0.05, 0.1) is 0 Å². The quantitative estimate of drug-likeness (QED) is 0.428. The molecule has 0 saturated heterocycles. The molecule has 0 spiro atoms. The van der Waals surface area contributed by atoms with Crippen LogP contribution >= 0.6 is 0 Å². The zero-order chi connectivity index (χ0) is 8.27. The van der Waals surface area contributed by atoms with Gasteiger partial charge in [-0.05, 0) is 37.5 Å². The fourth-order valence-corrected chi connectivity index (χ4v) is 1.84. The van der Waals surface area contributed by atoms with Gasteiger partial charge in [0.2, 0.25) is 0 Å². The minimum atomic E-state index is 0.990. The minimum Gasteiger partial charge on any atom is -0.107 e. The van der Waals surface area contributed by atoms with Crippen LogP contribution in [0.3, 0.4) is 0 Å². The van der Waals surface area contributed by atoms with Crippen molar-refractivity contribution in [3.8, 4) is 11.8 Å². The highest BCUT2D eigenvalue weighted by molar-refractivity contribution is 4.96. The first kappa shape index (κ1) is 8.65. The van der Waals surface area contributed by atoms with E-state index in [0.29, 0.717) is 0 Å².